The molecule has 2 aromatic rings. The van der Waals surface area contributed by atoms with E-state index < -0.39 is 34.6 Å². The molecule has 22 heavy (non-hydrogen) atoms. The molecule has 1 heterocycles. The molecule has 0 saturated heterocycles. The summed E-state index contributed by atoms with van der Waals surface area (Å²) in [7, 11) is 0. The van der Waals surface area contributed by atoms with E-state index in [2.05, 4.69) is 9.72 Å². The lowest BCUT2D eigenvalue weighted by Crippen LogP contribution is -2.17. The van der Waals surface area contributed by atoms with Gasteiger partial charge in [0.15, 0.2) is 0 Å². The molecule has 0 aliphatic heterocycles. The first-order valence-corrected chi connectivity index (χ1v) is 6.04. The van der Waals surface area contributed by atoms with Crippen LogP contribution in [-0.4, -0.2) is 11.3 Å². The largest absolute Gasteiger partial charge is 0.573 e. The molecule has 0 atom stereocenters. The molecule has 0 amide bonds. The molecule has 9 heteroatoms. The van der Waals surface area contributed by atoms with Gasteiger partial charge in [0.25, 0.3) is 0 Å². The van der Waals surface area contributed by atoms with Crippen molar-refractivity contribution in [2.45, 2.75) is 12.5 Å². The third kappa shape index (κ3) is 3.62. The molecule has 0 bridgehead atoms. The standard InChI is InChI=1S/C13H6ClF6NO/c14-10-8(12(15,16)17)5-6-21-11(10)7-3-1-2-4-9(7)22-13(18,19)20/h1-6H. The highest BCUT2D eigenvalue weighted by molar-refractivity contribution is 6.34. The number of hydrogen-bond donors (Lipinski definition) is 0. The SMILES string of the molecule is FC(F)(F)Oc1ccccc1-c1nccc(C(F)(F)F)c1Cl. The molecular weight excluding hydrogens is 336 g/mol. The van der Waals surface area contributed by atoms with E-state index in [9.17, 15) is 26.3 Å². The maximum atomic E-state index is 12.8. The van der Waals surface area contributed by atoms with Crippen LogP contribution in [0.5, 0.6) is 5.75 Å². The minimum Gasteiger partial charge on any atom is -0.405 e. The zero-order valence-corrected chi connectivity index (χ0v) is 11.2. The van der Waals surface area contributed by atoms with E-state index in [-0.39, 0.29) is 5.56 Å². The summed E-state index contributed by atoms with van der Waals surface area (Å²) in [4.78, 5) is 3.63. The number of rotatable bonds is 2. The third-order valence-electron chi connectivity index (χ3n) is 2.56. The molecule has 0 unspecified atom stereocenters. The second-order valence-corrected chi connectivity index (χ2v) is 4.44. The van der Waals surface area contributed by atoms with Crippen molar-refractivity contribution in [3.63, 3.8) is 0 Å². The Morgan fingerprint density at radius 2 is 1.59 bits per heavy atom. The Kier molecular flexibility index (Phi) is 4.23. The van der Waals surface area contributed by atoms with E-state index >= 15 is 0 Å². The molecule has 0 fully saturated rings. The first kappa shape index (κ1) is 16.4. The highest BCUT2D eigenvalue weighted by Crippen LogP contribution is 2.41. The summed E-state index contributed by atoms with van der Waals surface area (Å²) >= 11 is 5.65. The maximum absolute atomic E-state index is 12.8. The van der Waals surface area contributed by atoms with Crippen LogP contribution in [0.2, 0.25) is 5.02 Å². The minimum absolute atomic E-state index is 0.295. The first-order valence-electron chi connectivity index (χ1n) is 5.66. The average molecular weight is 342 g/mol. The van der Waals surface area contributed by atoms with Crippen LogP contribution >= 0.6 is 11.6 Å². The summed E-state index contributed by atoms with van der Waals surface area (Å²) in [6, 6.07) is 5.30. The van der Waals surface area contributed by atoms with Crippen molar-refractivity contribution in [2.24, 2.45) is 0 Å². The number of nitrogens with zero attached hydrogens (tertiary/aromatic N) is 1. The van der Waals surface area contributed by atoms with Gasteiger partial charge in [-0.25, -0.2) is 0 Å². The highest BCUT2D eigenvalue weighted by Gasteiger charge is 2.36. The smallest absolute Gasteiger partial charge is 0.405 e. The van der Waals surface area contributed by atoms with Crippen molar-refractivity contribution < 1.29 is 31.1 Å². The molecule has 0 saturated carbocycles. The lowest BCUT2D eigenvalue weighted by atomic mass is 10.1. The number of benzene rings is 1. The summed E-state index contributed by atoms with van der Waals surface area (Å²) < 4.78 is 79.2. The van der Waals surface area contributed by atoms with E-state index in [1.165, 1.54) is 12.1 Å². The number of alkyl halides is 6. The Balaban J connectivity index is 2.59. The number of hydrogen-bond acceptors (Lipinski definition) is 2. The average Bonchev–Trinajstić information content (AvgIpc) is 2.37. The molecule has 2 nitrogen and oxygen atoms in total. The molecule has 0 aliphatic rings. The van der Waals surface area contributed by atoms with Crippen molar-refractivity contribution in [1.82, 2.24) is 4.98 Å². The van der Waals surface area contributed by atoms with Crippen molar-refractivity contribution in [2.75, 3.05) is 0 Å². The second-order valence-electron chi connectivity index (χ2n) is 4.06. The Bertz CT molecular complexity index is 683. The Hall–Kier alpha value is -1.96. The fraction of sp³-hybridized carbons (Fsp3) is 0.154. The number of aromatic nitrogens is 1. The minimum atomic E-state index is -5.00. The molecule has 0 N–H and O–H groups in total. The number of halogens is 7. The van der Waals surface area contributed by atoms with Crippen molar-refractivity contribution >= 4 is 11.6 Å². The van der Waals surface area contributed by atoms with Crippen molar-refractivity contribution in [3.05, 3.63) is 47.1 Å². The Morgan fingerprint density at radius 3 is 2.18 bits per heavy atom. The van der Waals surface area contributed by atoms with Gasteiger partial charge in [-0.1, -0.05) is 23.7 Å². The number of ether oxygens (including phenoxy) is 1. The van der Waals surface area contributed by atoms with Crippen molar-refractivity contribution in [1.29, 1.82) is 0 Å². The van der Waals surface area contributed by atoms with E-state index in [0.29, 0.717) is 6.07 Å². The van der Waals surface area contributed by atoms with Crippen LogP contribution < -0.4 is 4.74 Å². The summed E-state index contributed by atoms with van der Waals surface area (Å²) in [5.41, 5.74) is -1.94. The summed E-state index contributed by atoms with van der Waals surface area (Å²) in [5, 5.41) is -0.798. The quantitative estimate of drug-likeness (QED) is 0.690. The topological polar surface area (TPSA) is 22.1 Å². The van der Waals surface area contributed by atoms with Crippen LogP contribution in [0.3, 0.4) is 0 Å². The van der Waals surface area contributed by atoms with E-state index in [4.69, 9.17) is 11.6 Å². The summed E-state index contributed by atoms with van der Waals surface area (Å²) in [6.07, 6.45) is -8.94. The predicted octanol–water partition coefficient (Wildman–Crippen LogP) is 5.32. The van der Waals surface area contributed by atoms with Gasteiger partial charge in [0.2, 0.25) is 0 Å². The van der Waals surface area contributed by atoms with Crippen LogP contribution in [-0.2, 0) is 6.18 Å². The first-order chi connectivity index (χ1) is 10.1. The second kappa shape index (κ2) is 5.68. The molecule has 1 aromatic heterocycles. The monoisotopic (exact) mass is 341 g/mol. The van der Waals surface area contributed by atoms with Gasteiger partial charge in [-0.15, -0.1) is 13.2 Å². The third-order valence-corrected chi connectivity index (χ3v) is 2.95. The highest BCUT2D eigenvalue weighted by atomic mass is 35.5. The van der Waals surface area contributed by atoms with Gasteiger partial charge in [0.1, 0.15) is 5.75 Å². The van der Waals surface area contributed by atoms with Gasteiger partial charge in [-0.3, -0.25) is 4.98 Å². The zero-order chi connectivity index (χ0) is 16.5. The van der Waals surface area contributed by atoms with Gasteiger partial charge in [0.05, 0.1) is 16.3 Å². The van der Waals surface area contributed by atoms with Gasteiger partial charge in [-0.2, -0.15) is 13.2 Å². The van der Waals surface area contributed by atoms with Gasteiger partial charge >= 0.3 is 12.5 Å². The number of pyridine rings is 1. The number of para-hydroxylation sites is 1. The molecule has 2 rings (SSSR count). The maximum Gasteiger partial charge on any atom is 0.573 e. The van der Waals surface area contributed by atoms with Gasteiger partial charge in [-0.05, 0) is 18.2 Å². The van der Waals surface area contributed by atoms with E-state index in [1.807, 2.05) is 0 Å². The Morgan fingerprint density at radius 1 is 0.955 bits per heavy atom. The predicted molar refractivity (Wildman–Crippen MR) is 66.4 cm³/mol. The fourth-order valence-electron chi connectivity index (χ4n) is 1.73. The molecule has 0 radical (unpaired) electrons. The van der Waals surface area contributed by atoms with Crippen LogP contribution in [0.25, 0.3) is 11.3 Å². The van der Waals surface area contributed by atoms with Gasteiger partial charge < -0.3 is 4.74 Å². The molecule has 0 aliphatic carbocycles. The van der Waals surface area contributed by atoms with Crippen LogP contribution in [0.4, 0.5) is 26.3 Å². The molecule has 0 spiro atoms. The zero-order valence-electron chi connectivity index (χ0n) is 10.5. The van der Waals surface area contributed by atoms with E-state index in [0.717, 1.165) is 18.3 Å². The lowest BCUT2D eigenvalue weighted by Gasteiger charge is -2.15. The van der Waals surface area contributed by atoms with Gasteiger partial charge in [0, 0.05) is 11.8 Å². The van der Waals surface area contributed by atoms with Crippen LogP contribution in [0.1, 0.15) is 5.56 Å². The normalized spacial score (nSPS) is 12.3. The van der Waals surface area contributed by atoms with Crippen molar-refractivity contribution in [3.8, 4) is 17.0 Å². The molecular formula is C13H6ClF6NO. The fourth-order valence-corrected chi connectivity index (χ4v) is 2.05. The lowest BCUT2D eigenvalue weighted by molar-refractivity contribution is -0.274. The summed E-state index contributed by atoms with van der Waals surface area (Å²) in [6.45, 7) is 0. The van der Waals surface area contributed by atoms with Crippen LogP contribution in [0, 0.1) is 0 Å². The van der Waals surface area contributed by atoms with Crippen LogP contribution in [0.15, 0.2) is 36.5 Å². The van der Waals surface area contributed by atoms with E-state index in [1.54, 1.807) is 0 Å². The molecule has 1 aromatic carbocycles. The Labute approximate surface area is 125 Å². The molecule has 118 valence electrons. The summed E-state index contributed by atoms with van der Waals surface area (Å²) in [5.74, 6) is -0.691.